The maximum atomic E-state index is 6.16. The minimum Gasteiger partial charge on any atom is -0.330 e. The Bertz CT molecular complexity index is 408. The van der Waals surface area contributed by atoms with Gasteiger partial charge in [-0.05, 0) is 67.7 Å². The number of hydrogen-bond acceptors (Lipinski definition) is 1. The van der Waals surface area contributed by atoms with Gasteiger partial charge in [-0.15, -0.1) is 0 Å². The van der Waals surface area contributed by atoms with Gasteiger partial charge in [-0.25, -0.2) is 0 Å². The van der Waals surface area contributed by atoms with E-state index in [2.05, 4.69) is 47.1 Å². The van der Waals surface area contributed by atoms with E-state index in [-0.39, 0.29) is 0 Å². The molecule has 0 heterocycles. The van der Waals surface area contributed by atoms with E-state index in [1.165, 1.54) is 55.0 Å². The van der Waals surface area contributed by atoms with Gasteiger partial charge in [0, 0.05) is 4.47 Å². The molecular formula is C18H28BrN. The summed E-state index contributed by atoms with van der Waals surface area (Å²) in [5, 5.41) is 0. The highest BCUT2D eigenvalue weighted by Crippen LogP contribution is 2.42. The Balaban J connectivity index is 1.94. The predicted molar refractivity (Wildman–Crippen MR) is 90.8 cm³/mol. The van der Waals surface area contributed by atoms with Crippen LogP contribution in [-0.2, 0) is 6.42 Å². The number of nitrogens with two attached hydrogens (primary N) is 1. The summed E-state index contributed by atoms with van der Waals surface area (Å²) in [7, 11) is 0. The second-order valence-corrected chi connectivity index (χ2v) is 7.51. The lowest BCUT2D eigenvalue weighted by Crippen LogP contribution is -2.36. The third kappa shape index (κ3) is 4.33. The van der Waals surface area contributed by atoms with E-state index in [0.717, 1.165) is 18.9 Å². The van der Waals surface area contributed by atoms with Crippen molar-refractivity contribution in [2.45, 2.75) is 58.3 Å². The fraction of sp³-hybridized carbons (Fsp3) is 0.667. The van der Waals surface area contributed by atoms with Crippen molar-refractivity contribution >= 4 is 15.9 Å². The van der Waals surface area contributed by atoms with E-state index >= 15 is 0 Å². The van der Waals surface area contributed by atoms with Gasteiger partial charge < -0.3 is 5.73 Å². The lowest BCUT2D eigenvalue weighted by molar-refractivity contribution is 0.150. The molecule has 0 saturated heterocycles. The molecule has 1 aliphatic carbocycles. The Morgan fingerprint density at radius 3 is 2.65 bits per heavy atom. The molecular weight excluding hydrogens is 310 g/mol. The summed E-state index contributed by atoms with van der Waals surface area (Å²) in [6.45, 7) is 3.13. The monoisotopic (exact) mass is 337 g/mol. The average molecular weight is 338 g/mol. The van der Waals surface area contributed by atoms with Crippen LogP contribution in [0.3, 0.4) is 0 Å². The summed E-state index contributed by atoms with van der Waals surface area (Å²) < 4.78 is 1.18. The van der Waals surface area contributed by atoms with E-state index in [0.29, 0.717) is 5.41 Å². The lowest BCUT2D eigenvalue weighted by Gasteiger charge is -2.40. The molecule has 112 valence electrons. The Morgan fingerprint density at radius 1 is 1.30 bits per heavy atom. The Morgan fingerprint density at radius 2 is 2.05 bits per heavy atom. The van der Waals surface area contributed by atoms with Crippen LogP contribution in [-0.4, -0.2) is 6.54 Å². The maximum absolute atomic E-state index is 6.16. The first kappa shape index (κ1) is 16.0. The minimum atomic E-state index is 0.351. The molecule has 1 aliphatic rings. The van der Waals surface area contributed by atoms with Crippen molar-refractivity contribution in [1.82, 2.24) is 0 Å². The van der Waals surface area contributed by atoms with Crippen LogP contribution in [0.2, 0.25) is 0 Å². The van der Waals surface area contributed by atoms with Crippen LogP contribution in [0.5, 0.6) is 0 Å². The van der Waals surface area contributed by atoms with E-state index in [4.69, 9.17) is 5.73 Å². The zero-order valence-electron chi connectivity index (χ0n) is 12.7. The SMILES string of the molecule is CCCCC1CCC(CN)(Cc2cccc(Br)c2)CC1. The molecule has 1 saturated carbocycles. The van der Waals surface area contributed by atoms with E-state index < -0.39 is 0 Å². The van der Waals surface area contributed by atoms with Crippen molar-refractivity contribution < 1.29 is 0 Å². The summed E-state index contributed by atoms with van der Waals surface area (Å²) in [5.74, 6) is 0.956. The quantitative estimate of drug-likeness (QED) is 0.747. The van der Waals surface area contributed by atoms with Crippen molar-refractivity contribution in [2.24, 2.45) is 17.1 Å². The smallest absolute Gasteiger partial charge is 0.0177 e. The van der Waals surface area contributed by atoms with Crippen LogP contribution in [0, 0.1) is 11.3 Å². The van der Waals surface area contributed by atoms with Crippen molar-refractivity contribution in [3.05, 3.63) is 34.3 Å². The normalized spacial score (nSPS) is 26.6. The fourth-order valence-corrected chi connectivity index (χ4v) is 4.05. The molecule has 2 rings (SSSR count). The first-order valence-corrected chi connectivity index (χ1v) is 8.91. The molecule has 0 radical (unpaired) electrons. The minimum absolute atomic E-state index is 0.351. The molecule has 1 aromatic carbocycles. The standard InChI is InChI=1S/C18H28BrN/c1-2-3-5-15-8-10-18(14-20,11-9-15)13-16-6-4-7-17(19)12-16/h4,6-7,12,15H,2-3,5,8-11,13-14,20H2,1H3. The van der Waals surface area contributed by atoms with Gasteiger partial charge >= 0.3 is 0 Å². The summed E-state index contributed by atoms with van der Waals surface area (Å²) in [6.07, 6.45) is 10.7. The zero-order valence-corrected chi connectivity index (χ0v) is 14.3. The fourth-order valence-electron chi connectivity index (χ4n) is 3.60. The molecule has 20 heavy (non-hydrogen) atoms. The topological polar surface area (TPSA) is 26.0 Å². The second kappa shape index (κ2) is 7.61. The molecule has 1 aromatic rings. The van der Waals surface area contributed by atoms with Crippen LogP contribution >= 0.6 is 15.9 Å². The molecule has 2 N–H and O–H groups in total. The van der Waals surface area contributed by atoms with E-state index in [1.807, 2.05) is 0 Å². The molecule has 0 amide bonds. The highest BCUT2D eigenvalue weighted by Gasteiger charge is 2.34. The summed E-state index contributed by atoms with van der Waals surface area (Å²) in [4.78, 5) is 0. The highest BCUT2D eigenvalue weighted by molar-refractivity contribution is 9.10. The van der Waals surface area contributed by atoms with Crippen molar-refractivity contribution in [1.29, 1.82) is 0 Å². The van der Waals surface area contributed by atoms with Crippen molar-refractivity contribution in [3.63, 3.8) is 0 Å². The van der Waals surface area contributed by atoms with Gasteiger partial charge in [-0.1, -0.05) is 54.2 Å². The van der Waals surface area contributed by atoms with Crippen molar-refractivity contribution in [2.75, 3.05) is 6.54 Å². The third-order valence-electron chi connectivity index (χ3n) is 5.03. The second-order valence-electron chi connectivity index (χ2n) is 6.60. The van der Waals surface area contributed by atoms with Crippen LogP contribution in [0.25, 0.3) is 0 Å². The van der Waals surface area contributed by atoms with Crippen LogP contribution in [0.4, 0.5) is 0 Å². The van der Waals surface area contributed by atoms with Gasteiger partial charge in [0.05, 0.1) is 0 Å². The van der Waals surface area contributed by atoms with Crippen LogP contribution < -0.4 is 5.73 Å². The average Bonchev–Trinajstić information content (AvgIpc) is 2.47. The predicted octanol–water partition coefficient (Wildman–Crippen LogP) is 5.32. The summed E-state index contributed by atoms with van der Waals surface area (Å²) in [5.41, 5.74) is 7.94. The number of unbranched alkanes of at least 4 members (excludes halogenated alkanes) is 1. The molecule has 0 spiro atoms. The molecule has 0 atom stereocenters. The third-order valence-corrected chi connectivity index (χ3v) is 5.53. The largest absolute Gasteiger partial charge is 0.330 e. The number of halogens is 1. The molecule has 0 bridgehead atoms. The van der Waals surface area contributed by atoms with E-state index in [9.17, 15) is 0 Å². The van der Waals surface area contributed by atoms with Crippen LogP contribution in [0.15, 0.2) is 28.7 Å². The molecule has 1 fully saturated rings. The van der Waals surface area contributed by atoms with Gasteiger partial charge in [0.25, 0.3) is 0 Å². The maximum Gasteiger partial charge on any atom is 0.0177 e. The number of benzene rings is 1. The summed E-state index contributed by atoms with van der Waals surface area (Å²) >= 11 is 3.57. The highest BCUT2D eigenvalue weighted by atomic mass is 79.9. The Labute approximate surface area is 132 Å². The van der Waals surface area contributed by atoms with Gasteiger partial charge in [0.1, 0.15) is 0 Å². The number of rotatable bonds is 6. The Hall–Kier alpha value is -0.340. The molecule has 2 heteroatoms. The van der Waals surface area contributed by atoms with Gasteiger partial charge in [0.15, 0.2) is 0 Å². The van der Waals surface area contributed by atoms with Crippen molar-refractivity contribution in [3.8, 4) is 0 Å². The van der Waals surface area contributed by atoms with Gasteiger partial charge in [-0.2, -0.15) is 0 Å². The lowest BCUT2D eigenvalue weighted by atomic mass is 9.67. The molecule has 0 aromatic heterocycles. The molecule has 1 nitrogen and oxygen atoms in total. The molecule has 0 unspecified atom stereocenters. The first-order valence-electron chi connectivity index (χ1n) is 8.12. The number of hydrogen-bond donors (Lipinski definition) is 1. The van der Waals surface area contributed by atoms with Gasteiger partial charge in [-0.3, -0.25) is 0 Å². The summed E-state index contributed by atoms with van der Waals surface area (Å²) in [6, 6.07) is 8.72. The van der Waals surface area contributed by atoms with Crippen LogP contribution in [0.1, 0.15) is 57.4 Å². The molecule has 0 aliphatic heterocycles. The zero-order chi connectivity index (χ0) is 14.4. The Kier molecular flexibility index (Phi) is 6.10. The first-order chi connectivity index (χ1) is 9.67. The van der Waals surface area contributed by atoms with E-state index in [1.54, 1.807) is 0 Å². The van der Waals surface area contributed by atoms with Gasteiger partial charge in [0.2, 0.25) is 0 Å².